The maximum Gasteiger partial charge on any atom is 0.255 e. The molecule has 1 aromatic rings. The molecule has 24 heavy (non-hydrogen) atoms. The lowest BCUT2D eigenvalue weighted by Crippen LogP contribution is -2.40. The van der Waals surface area contributed by atoms with Crippen molar-refractivity contribution in [3.8, 4) is 0 Å². The van der Waals surface area contributed by atoms with Crippen molar-refractivity contribution >= 4 is 23.3 Å². The molecule has 0 saturated carbocycles. The normalized spacial score (nSPS) is 14.9. The first-order chi connectivity index (χ1) is 11.6. The van der Waals surface area contributed by atoms with Crippen molar-refractivity contribution in [2.75, 3.05) is 51.4 Å². The summed E-state index contributed by atoms with van der Waals surface area (Å²) in [4.78, 5) is 18.4. The number of anilines is 1. The molecule has 0 spiro atoms. The van der Waals surface area contributed by atoms with Gasteiger partial charge in [0.2, 0.25) is 0 Å². The Bertz CT molecular complexity index is 534. The third kappa shape index (κ3) is 5.92. The van der Waals surface area contributed by atoms with E-state index < -0.39 is 0 Å². The zero-order chi connectivity index (χ0) is 17.4. The highest BCUT2D eigenvalue weighted by molar-refractivity contribution is 6.33. The molecular formula is C17H26ClN3O3. The average Bonchev–Trinajstić information content (AvgIpc) is 2.59. The predicted octanol–water partition coefficient (Wildman–Crippen LogP) is 2.68. The first kappa shape index (κ1) is 19.0. The molecule has 0 unspecified atom stereocenters. The lowest BCUT2D eigenvalue weighted by atomic mass is 10.2. The summed E-state index contributed by atoms with van der Waals surface area (Å²) in [5.74, 6) is 1.09. The van der Waals surface area contributed by atoms with Crippen LogP contribution in [0.3, 0.4) is 0 Å². The quantitative estimate of drug-likeness (QED) is 0.726. The Morgan fingerprint density at radius 3 is 2.88 bits per heavy atom. The summed E-state index contributed by atoms with van der Waals surface area (Å²) >= 11 is 6.24. The van der Waals surface area contributed by atoms with Gasteiger partial charge in [-0.1, -0.05) is 25.4 Å². The second-order valence-corrected chi connectivity index (χ2v) is 6.62. The van der Waals surface area contributed by atoms with Gasteiger partial charge in [-0.2, -0.15) is 0 Å². The standard InChI is InChI=1S/C17H26ClN3O3/c1-13(2)12-24-7-3-4-19-16-15(18)10-14(11-20-16)17(22)21-5-8-23-9-6-21/h10-11,13H,3-9,12H2,1-2H3,(H,19,20). The number of nitrogens with zero attached hydrogens (tertiary/aromatic N) is 2. The number of hydrogen-bond donors (Lipinski definition) is 1. The van der Waals surface area contributed by atoms with Crippen LogP contribution < -0.4 is 5.32 Å². The van der Waals surface area contributed by atoms with Crippen LogP contribution in [0.4, 0.5) is 5.82 Å². The molecule has 1 amide bonds. The molecule has 0 bridgehead atoms. The van der Waals surface area contributed by atoms with Crippen LogP contribution in [0.1, 0.15) is 30.6 Å². The molecule has 0 aliphatic carbocycles. The van der Waals surface area contributed by atoms with Gasteiger partial charge in [0.25, 0.3) is 5.91 Å². The number of halogens is 1. The van der Waals surface area contributed by atoms with E-state index in [1.807, 2.05) is 0 Å². The van der Waals surface area contributed by atoms with Gasteiger partial charge in [-0.05, 0) is 18.4 Å². The van der Waals surface area contributed by atoms with E-state index in [1.165, 1.54) is 0 Å². The second-order valence-electron chi connectivity index (χ2n) is 6.21. The third-order valence-corrected chi connectivity index (χ3v) is 3.88. The SMILES string of the molecule is CC(C)COCCCNc1ncc(C(=O)N2CCOCC2)cc1Cl. The summed E-state index contributed by atoms with van der Waals surface area (Å²) in [6.45, 7) is 8.81. The van der Waals surface area contributed by atoms with E-state index in [9.17, 15) is 4.79 Å². The number of carbonyl (C=O) groups is 1. The number of hydrogen-bond acceptors (Lipinski definition) is 5. The Hall–Kier alpha value is -1.37. The Morgan fingerprint density at radius 1 is 1.46 bits per heavy atom. The van der Waals surface area contributed by atoms with Crippen LogP contribution in [0, 0.1) is 5.92 Å². The van der Waals surface area contributed by atoms with E-state index in [0.717, 1.165) is 19.6 Å². The van der Waals surface area contributed by atoms with E-state index in [-0.39, 0.29) is 5.91 Å². The number of nitrogens with one attached hydrogen (secondary N) is 1. The van der Waals surface area contributed by atoms with Gasteiger partial charge in [-0.15, -0.1) is 0 Å². The zero-order valence-corrected chi connectivity index (χ0v) is 15.1. The topological polar surface area (TPSA) is 63.7 Å². The molecule has 1 aliphatic rings. The van der Waals surface area contributed by atoms with Crippen LogP contribution in [-0.4, -0.2) is 61.9 Å². The number of pyridine rings is 1. The molecule has 0 aromatic carbocycles. The van der Waals surface area contributed by atoms with E-state index in [1.54, 1.807) is 17.2 Å². The number of carbonyl (C=O) groups excluding carboxylic acids is 1. The molecule has 134 valence electrons. The number of rotatable bonds is 8. The molecule has 1 N–H and O–H groups in total. The molecule has 6 nitrogen and oxygen atoms in total. The monoisotopic (exact) mass is 355 g/mol. The van der Waals surface area contributed by atoms with Crippen LogP contribution in [-0.2, 0) is 9.47 Å². The Morgan fingerprint density at radius 2 is 2.21 bits per heavy atom. The number of amides is 1. The fourth-order valence-corrected chi connectivity index (χ4v) is 2.57. The Balaban J connectivity index is 1.80. The lowest BCUT2D eigenvalue weighted by Gasteiger charge is -2.26. The van der Waals surface area contributed by atoms with Crippen molar-refractivity contribution in [2.45, 2.75) is 20.3 Å². The number of morpholine rings is 1. The smallest absolute Gasteiger partial charge is 0.255 e. The molecule has 1 fully saturated rings. The van der Waals surface area contributed by atoms with Gasteiger partial charge in [0, 0.05) is 39.0 Å². The summed E-state index contributed by atoms with van der Waals surface area (Å²) in [6, 6.07) is 1.67. The molecule has 1 aliphatic heterocycles. The molecule has 2 heterocycles. The van der Waals surface area contributed by atoms with Gasteiger partial charge in [-0.25, -0.2) is 4.98 Å². The third-order valence-electron chi connectivity index (χ3n) is 3.60. The Labute approximate surface area is 148 Å². The van der Waals surface area contributed by atoms with Gasteiger partial charge in [-0.3, -0.25) is 4.79 Å². The van der Waals surface area contributed by atoms with Crippen molar-refractivity contribution in [1.29, 1.82) is 0 Å². The summed E-state index contributed by atoms with van der Waals surface area (Å²) < 4.78 is 10.8. The number of aromatic nitrogens is 1. The highest BCUT2D eigenvalue weighted by atomic mass is 35.5. The molecule has 2 rings (SSSR count). The van der Waals surface area contributed by atoms with E-state index in [4.69, 9.17) is 21.1 Å². The van der Waals surface area contributed by atoms with Gasteiger partial charge in [0.1, 0.15) is 5.82 Å². The fourth-order valence-electron chi connectivity index (χ4n) is 2.33. The van der Waals surface area contributed by atoms with Crippen molar-refractivity contribution in [3.05, 3.63) is 22.8 Å². The summed E-state index contributed by atoms with van der Waals surface area (Å²) in [6.07, 6.45) is 2.44. The fraction of sp³-hybridized carbons (Fsp3) is 0.647. The van der Waals surface area contributed by atoms with Gasteiger partial charge >= 0.3 is 0 Å². The van der Waals surface area contributed by atoms with E-state index >= 15 is 0 Å². The lowest BCUT2D eigenvalue weighted by molar-refractivity contribution is 0.0302. The van der Waals surface area contributed by atoms with Crippen LogP contribution in [0.5, 0.6) is 0 Å². The van der Waals surface area contributed by atoms with Gasteiger partial charge < -0.3 is 19.7 Å². The summed E-state index contributed by atoms with van der Waals surface area (Å²) in [5.41, 5.74) is 0.507. The van der Waals surface area contributed by atoms with Crippen LogP contribution in [0.15, 0.2) is 12.3 Å². The van der Waals surface area contributed by atoms with Gasteiger partial charge in [0.15, 0.2) is 0 Å². The zero-order valence-electron chi connectivity index (χ0n) is 14.4. The molecule has 1 saturated heterocycles. The van der Waals surface area contributed by atoms with Gasteiger partial charge in [0.05, 0.1) is 23.8 Å². The molecule has 0 atom stereocenters. The average molecular weight is 356 g/mol. The first-order valence-corrected chi connectivity index (χ1v) is 8.80. The van der Waals surface area contributed by atoms with Crippen molar-refractivity contribution < 1.29 is 14.3 Å². The van der Waals surface area contributed by atoms with Crippen molar-refractivity contribution in [2.24, 2.45) is 5.92 Å². The van der Waals surface area contributed by atoms with E-state index in [2.05, 4.69) is 24.1 Å². The second kappa shape index (κ2) is 9.81. The molecule has 1 aromatic heterocycles. The van der Waals surface area contributed by atoms with Crippen molar-refractivity contribution in [3.63, 3.8) is 0 Å². The minimum Gasteiger partial charge on any atom is -0.381 e. The highest BCUT2D eigenvalue weighted by Crippen LogP contribution is 2.21. The maximum absolute atomic E-state index is 12.4. The molecule has 0 radical (unpaired) electrons. The summed E-state index contributed by atoms with van der Waals surface area (Å²) in [7, 11) is 0. The van der Waals surface area contributed by atoms with Crippen molar-refractivity contribution in [1.82, 2.24) is 9.88 Å². The number of ether oxygens (including phenoxy) is 2. The largest absolute Gasteiger partial charge is 0.381 e. The van der Waals surface area contributed by atoms with Crippen LogP contribution >= 0.6 is 11.6 Å². The Kier molecular flexibility index (Phi) is 7.75. The van der Waals surface area contributed by atoms with Crippen LogP contribution in [0.2, 0.25) is 5.02 Å². The minimum atomic E-state index is -0.0543. The molecular weight excluding hydrogens is 330 g/mol. The van der Waals surface area contributed by atoms with Crippen LogP contribution in [0.25, 0.3) is 0 Å². The van der Waals surface area contributed by atoms with E-state index in [0.29, 0.717) is 55.2 Å². The molecule has 7 heteroatoms. The minimum absolute atomic E-state index is 0.0543. The summed E-state index contributed by atoms with van der Waals surface area (Å²) in [5, 5.41) is 3.63. The highest BCUT2D eigenvalue weighted by Gasteiger charge is 2.19. The predicted molar refractivity (Wildman–Crippen MR) is 94.7 cm³/mol. The maximum atomic E-state index is 12.4. The first-order valence-electron chi connectivity index (χ1n) is 8.42.